The zero-order valence-electron chi connectivity index (χ0n) is 15.7. The van der Waals surface area contributed by atoms with E-state index in [2.05, 4.69) is 16.9 Å². The van der Waals surface area contributed by atoms with E-state index >= 15 is 0 Å². The lowest BCUT2D eigenvalue weighted by Crippen LogP contribution is -2.11. The molecule has 28 heavy (non-hydrogen) atoms. The first-order valence-electron chi connectivity index (χ1n) is 9.09. The number of benzene rings is 2. The van der Waals surface area contributed by atoms with Gasteiger partial charge in [0.05, 0.1) is 17.7 Å². The number of nitrogens with one attached hydrogen (secondary N) is 2. The van der Waals surface area contributed by atoms with Gasteiger partial charge in [0.2, 0.25) is 5.91 Å². The van der Waals surface area contributed by atoms with Crippen LogP contribution in [0.15, 0.2) is 55.1 Å². The lowest BCUT2D eigenvalue weighted by Gasteiger charge is -2.09. The van der Waals surface area contributed by atoms with Crippen molar-refractivity contribution in [3.05, 3.63) is 66.4 Å². The predicted molar refractivity (Wildman–Crippen MR) is 111 cm³/mol. The molecule has 0 fully saturated rings. The molecule has 6 nitrogen and oxygen atoms in total. The van der Waals surface area contributed by atoms with E-state index in [0.29, 0.717) is 36.4 Å². The molecular weight excluding hydrogens is 354 g/mol. The van der Waals surface area contributed by atoms with Gasteiger partial charge in [-0.3, -0.25) is 9.59 Å². The highest BCUT2D eigenvalue weighted by Gasteiger charge is 2.15. The fourth-order valence-corrected chi connectivity index (χ4v) is 3.15. The largest absolute Gasteiger partial charge is 0.381 e. The molecule has 0 atom stereocenters. The summed E-state index contributed by atoms with van der Waals surface area (Å²) in [5, 5.41) is 3.66. The number of carbonyl (C=O) groups is 2. The number of carbonyl (C=O) groups excluding carboxylic acids is 2. The number of H-pyrrole nitrogens is 1. The normalized spacial score (nSPS) is 10.8. The van der Waals surface area contributed by atoms with Crippen LogP contribution in [0.3, 0.4) is 0 Å². The van der Waals surface area contributed by atoms with E-state index in [1.165, 1.54) is 6.08 Å². The van der Waals surface area contributed by atoms with E-state index in [9.17, 15) is 9.59 Å². The molecule has 0 saturated heterocycles. The minimum atomic E-state index is -0.484. The van der Waals surface area contributed by atoms with Crippen LogP contribution in [0.4, 0.5) is 5.69 Å². The molecule has 0 aliphatic rings. The van der Waals surface area contributed by atoms with Crippen molar-refractivity contribution in [3.8, 4) is 11.1 Å². The van der Waals surface area contributed by atoms with Crippen LogP contribution in [0.5, 0.6) is 0 Å². The highest BCUT2D eigenvalue weighted by atomic mass is 16.5. The molecule has 3 rings (SSSR count). The van der Waals surface area contributed by atoms with Gasteiger partial charge in [-0.15, -0.1) is 0 Å². The standard InChI is InChI=1S/C22H23N3O3/c1-3-20(26)24-15-7-5-6-14(12-15)17-8-9-18(22(23)27)21-19(17)13-16(25-21)10-11-28-4-2/h3,5-9,12-13,25H,1,4,10-11H2,2H3,(H2,23,27)(H,24,26). The summed E-state index contributed by atoms with van der Waals surface area (Å²) in [6.07, 6.45) is 1.93. The minimum absolute atomic E-state index is 0.272. The highest BCUT2D eigenvalue weighted by Crippen LogP contribution is 2.33. The Bertz CT molecular complexity index is 1040. The second-order valence-corrected chi connectivity index (χ2v) is 6.33. The third-order valence-electron chi connectivity index (χ3n) is 4.46. The minimum Gasteiger partial charge on any atom is -0.381 e. The zero-order chi connectivity index (χ0) is 20.1. The third-order valence-corrected chi connectivity index (χ3v) is 4.46. The van der Waals surface area contributed by atoms with E-state index in [-0.39, 0.29) is 5.91 Å². The van der Waals surface area contributed by atoms with Crippen LogP contribution >= 0.6 is 0 Å². The number of hydrogen-bond donors (Lipinski definition) is 3. The lowest BCUT2D eigenvalue weighted by atomic mass is 9.98. The number of aromatic nitrogens is 1. The number of anilines is 1. The van der Waals surface area contributed by atoms with Crippen molar-refractivity contribution < 1.29 is 14.3 Å². The summed E-state index contributed by atoms with van der Waals surface area (Å²) < 4.78 is 5.43. The number of nitrogens with two attached hydrogens (primary N) is 1. The Morgan fingerprint density at radius 3 is 2.79 bits per heavy atom. The van der Waals surface area contributed by atoms with E-state index in [4.69, 9.17) is 10.5 Å². The maximum atomic E-state index is 11.9. The fourth-order valence-electron chi connectivity index (χ4n) is 3.15. The predicted octanol–water partition coefficient (Wildman–Crippen LogP) is 3.64. The van der Waals surface area contributed by atoms with Crippen LogP contribution in [-0.2, 0) is 16.0 Å². The maximum absolute atomic E-state index is 11.9. The van der Waals surface area contributed by atoms with Crippen molar-refractivity contribution in [1.82, 2.24) is 4.98 Å². The van der Waals surface area contributed by atoms with Gasteiger partial charge < -0.3 is 20.8 Å². The van der Waals surface area contributed by atoms with Gasteiger partial charge in [-0.1, -0.05) is 24.8 Å². The molecule has 0 unspecified atom stereocenters. The Kier molecular flexibility index (Phi) is 5.91. The zero-order valence-corrected chi connectivity index (χ0v) is 15.7. The van der Waals surface area contributed by atoms with Crippen LogP contribution < -0.4 is 11.1 Å². The van der Waals surface area contributed by atoms with Gasteiger partial charge in [0.1, 0.15) is 0 Å². The topological polar surface area (TPSA) is 97.2 Å². The first-order valence-corrected chi connectivity index (χ1v) is 9.09. The number of amides is 2. The average molecular weight is 377 g/mol. The third kappa shape index (κ3) is 4.13. The molecular formula is C22H23N3O3. The van der Waals surface area contributed by atoms with Crippen LogP contribution in [0.25, 0.3) is 22.0 Å². The van der Waals surface area contributed by atoms with Crippen LogP contribution in [-0.4, -0.2) is 30.0 Å². The van der Waals surface area contributed by atoms with Crippen molar-refractivity contribution >= 4 is 28.4 Å². The van der Waals surface area contributed by atoms with E-state index in [1.54, 1.807) is 6.07 Å². The number of hydrogen-bond acceptors (Lipinski definition) is 3. The quantitative estimate of drug-likeness (QED) is 0.413. The fraction of sp³-hybridized carbons (Fsp3) is 0.182. The van der Waals surface area contributed by atoms with Gasteiger partial charge in [-0.2, -0.15) is 0 Å². The van der Waals surface area contributed by atoms with Gasteiger partial charge in [0.15, 0.2) is 0 Å². The summed E-state index contributed by atoms with van der Waals surface area (Å²) in [7, 11) is 0. The Hall–Kier alpha value is -3.38. The van der Waals surface area contributed by atoms with Gasteiger partial charge in [0.25, 0.3) is 5.91 Å². The number of aromatic amines is 1. The number of fused-ring (bicyclic) bond motifs is 1. The second kappa shape index (κ2) is 8.54. The van der Waals surface area contributed by atoms with Crippen molar-refractivity contribution in [3.63, 3.8) is 0 Å². The molecule has 2 amide bonds. The van der Waals surface area contributed by atoms with Gasteiger partial charge in [-0.25, -0.2) is 0 Å². The monoisotopic (exact) mass is 377 g/mol. The molecule has 0 spiro atoms. The summed E-state index contributed by atoms with van der Waals surface area (Å²) in [6, 6.07) is 13.1. The van der Waals surface area contributed by atoms with E-state index < -0.39 is 5.91 Å². The second-order valence-electron chi connectivity index (χ2n) is 6.33. The summed E-state index contributed by atoms with van der Waals surface area (Å²) in [5.74, 6) is -0.756. The molecule has 0 radical (unpaired) electrons. The van der Waals surface area contributed by atoms with Crippen LogP contribution in [0, 0.1) is 0 Å². The smallest absolute Gasteiger partial charge is 0.250 e. The molecule has 1 aromatic heterocycles. The van der Waals surface area contributed by atoms with Crippen molar-refractivity contribution in [2.45, 2.75) is 13.3 Å². The van der Waals surface area contributed by atoms with Gasteiger partial charge in [-0.05, 0) is 48.4 Å². The molecule has 4 N–H and O–H groups in total. The van der Waals surface area contributed by atoms with Crippen LogP contribution in [0.2, 0.25) is 0 Å². The highest BCUT2D eigenvalue weighted by molar-refractivity contribution is 6.09. The summed E-state index contributed by atoms with van der Waals surface area (Å²) in [4.78, 5) is 26.8. The molecule has 144 valence electrons. The SMILES string of the molecule is C=CC(=O)Nc1cccc(-c2ccc(C(N)=O)c3[nH]c(CCOCC)cc23)c1. The number of ether oxygens (including phenoxy) is 1. The molecule has 2 aromatic carbocycles. The van der Waals surface area contributed by atoms with Crippen LogP contribution in [0.1, 0.15) is 23.0 Å². The summed E-state index contributed by atoms with van der Waals surface area (Å²) >= 11 is 0. The van der Waals surface area contributed by atoms with Crippen molar-refractivity contribution in [2.75, 3.05) is 18.5 Å². The molecule has 0 aliphatic heterocycles. The molecule has 0 saturated carbocycles. The summed E-state index contributed by atoms with van der Waals surface area (Å²) in [6.45, 7) is 6.66. The van der Waals surface area contributed by atoms with Gasteiger partial charge in [0, 0.05) is 29.8 Å². The van der Waals surface area contributed by atoms with E-state index in [1.807, 2.05) is 43.3 Å². The summed E-state index contributed by atoms with van der Waals surface area (Å²) in [5.41, 5.74) is 10.2. The average Bonchev–Trinajstić information content (AvgIpc) is 3.11. The maximum Gasteiger partial charge on any atom is 0.250 e. The molecule has 0 aliphatic carbocycles. The lowest BCUT2D eigenvalue weighted by molar-refractivity contribution is -0.111. The molecule has 0 bridgehead atoms. The molecule has 1 heterocycles. The number of primary amides is 1. The Labute approximate surface area is 163 Å². The Balaban J connectivity index is 2.07. The first kappa shape index (κ1) is 19.4. The van der Waals surface area contributed by atoms with Crippen molar-refractivity contribution in [2.24, 2.45) is 5.73 Å². The Morgan fingerprint density at radius 2 is 2.07 bits per heavy atom. The molecule has 3 aromatic rings. The van der Waals surface area contributed by atoms with Crippen molar-refractivity contribution in [1.29, 1.82) is 0 Å². The first-order chi connectivity index (χ1) is 13.5. The number of rotatable bonds is 8. The van der Waals surface area contributed by atoms with Gasteiger partial charge >= 0.3 is 0 Å². The Morgan fingerprint density at radius 1 is 1.25 bits per heavy atom. The van der Waals surface area contributed by atoms with E-state index in [0.717, 1.165) is 22.2 Å². The molecule has 6 heteroatoms.